The van der Waals surface area contributed by atoms with Crippen molar-refractivity contribution in [3.63, 3.8) is 0 Å². The van der Waals surface area contributed by atoms with Crippen molar-refractivity contribution in [2.75, 3.05) is 6.54 Å². The summed E-state index contributed by atoms with van der Waals surface area (Å²) in [7, 11) is 0. The standard InChI is InChI=1S/C9H17N/c1-3-8-4-7(2)5-9(8)6-10/h8-9H,2-6,10H2,1H3. The van der Waals surface area contributed by atoms with Gasteiger partial charge in [0, 0.05) is 0 Å². The van der Waals surface area contributed by atoms with Gasteiger partial charge in [-0.05, 0) is 31.2 Å². The van der Waals surface area contributed by atoms with Gasteiger partial charge >= 0.3 is 0 Å². The first kappa shape index (κ1) is 7.80. The van der Waals surface area contributed by atoms with Crippen molar-refractivity contribution >= 4 is 0 Å². The molecule has 58 valence electrons. The van der Waals surface area contributed by atoms with E-state index < -0.39 is 0 Å². The monoisotopic (exact) mass is 139 g/mol. The maximum atomic E-state index is 5.62. The van der Waals surface area contributed by atoms with E-state index >= 15 is 0 Å². The van der Waals surface area contributed by atoms with E-state index in [2.05, 4.69) is 13.5 Å². The van der Waals surface area contributed by atoms with E-state index in [1.807, 2.05) is 0 Å². The van der Waals surface area contributed by atoms with Gasteiger partial charge in [-0.1, -0.05) is 25.5 Å². The molecule has 1 saturated carbocycles. The fraction of sp³-hybridized carbons (Fsp3) is 0.778. The van der Waals surface area contributed by atoms with Crippen molar-refractivity contribution < 1.29 is 0 Å². The van der Waals surface area contributed by atoms with Gasteiger partial charge in [0.05, 0.1) is 0 Å². The summed E-state index contributed by atoms with van der Waals surface area (Å²) < 4.78 is 0. The molecule has 0 amide bonds. The van der Waals surface area contributed by atoms with E-state index in [1.165, 1.54) is 24.8 Å². The van der Waals surface area contributed by atoms with Crippen LogP contribution in [0.3, 0.4) is 0 Å². The molecule has 10 heavy (non-hydrogen) atoms. The number of rotatable bonds is 2. The Labute approximate surface area is 63.3 Å². The van der Waals surface area contributed by atoms with Crippen molar-refractivity contribution in [1.82, 2.24) is 0 Å². The Morgan fingerprint density at radius 2 is 2.10 bits per heavy atom. The van der Waals surface area contributed by atoms with E-state index in [9.17, 15) is 0 Å². The number of nitrogens with two attached hydrogens (primary N) is 1. The normalized spacial score (nSPS) is 33.2. The van der Waals surface area contributed by atoms with Crippen molar-refractivity contribution in [3.05, 3.63) is 12.2 Å². The number of allylic oxidation sites excluding steroid dienone is 1. The molecular weight excluding hydrogens is 122 g/mol. The molecule has 1 fully saturated rings. The lowest BCUT2D eigenvalue weighted by molar-refractivity contribution is 0.386. The summed E-state index contributed by atoms with van der Waals surface area (Å²) in [5.74, 6) is 1.56. The number of hydrogen-bond donors (Lipinski definition) is 1. The summed E-state index contributed by atoms with van der Waals surface area (Å²) in [6.07, 6.45) is 3.66. The van der Waals surface area contributed by atoms with Gasteiger partial charge in [0.15, 0.2) is 0 Å². The number of hydrogen-bond acceptors (Lipinski definition) is 1. The molecule has 0 radical (unpaired) electrons. The van der Waals surface area contributed by atoms with Gasteiger partial charge in [-0.15, -0.1) is 0 Å². The zero-order valence-electron chi connectivity index (χ0n) is 6.77. The molecule has 0 spiro atoms. The van der Waals surface area contributed by atoms with Crippen molar-refractivity contribution in [2.24, 2.45) is 17.6 Å². The molecule has 0 bridgehead atoms. The second kappa shape index (κ2) is 3.20. The van der Waals surface area contributed by atoms with Gasteiger partial charge in [-0.25, -0.2) is 0 Å². The highest BCUT2D eigenvalue weighted by Gasteiger charge is 2.26. The fourth-order valence-electron chi connectivity index (χ4n) is 1.91. The van der Waals surface area contributed by atoms with Crippen LogP contribution in [0.1, 0.15) is 26.2 Å². The molecule has 2 atom stereocenters. The molecule has 0 aliphatic heterocycles. The molecule has 1 aliphatic carbocycles. The van der Waals surface area contributed by atoms with Gasteiger partial charge in [0.25, 0.3) is 0 Å². The highest BCUT2D eigenvalue weighted by Crippen LogP contribution is 2.35. The molecule has 1 nitrogen and oxygen atoms in total. The molecule has 0 aromatic heterocycles. The second-order valence-corrected chi connectivity index (χ2v) is 3.32. The molecule has 2 unspecified atom stereocenters. The third-order valence-corrected chi connectivity index (χ3v) is 2.60. The smallest absolute Gasteiger partial charge is 0.00430 e. The van der Waals surface area contributed by atoms with Crippen LogP contribution in [0.5, 0.6) is 0 Å². The van der Waals surface area contributed by atoms with E-state index in [4.69, 9.17) is 5.73 Å². The lowest BCUT2D eigenvalue weighted by Gasteiger charge is -2.13. The molecule has 1 aliphatic rings. The summed E-state index contributed by atoms with van der Waals surface area (Å²) >= 11 is 0. The zero-order valence-corrected chi connectivity index (χ0v) is 6.77. The first-order valence-corrected chi connectivity index (χ1v) is 4.14. The van der Waals surface area contributed by atoms with E-state index in [0.29, 0.717) is 0 Å². The Bertz CT molecular complexity index is 115. The topological polar surface area (TPSA) is 26.0 Å². The highest BCUT2D eigenvalue weighted by molar-refractivity contribution is 5.05. The first-order valence-electron chi connectivity index (χ1n) is 4.14. The predicted octanol–water partition coefficient (Wildman–Crippen LogP) is 1.94. The Balaban J connectivity index is 2.48. The van der Waals surface area contributed by atoms with Crippen LogP contribution < -0.4 is 5.73 Å². The summed E-state index contributed by atoms with van der Waals surface area (Å²) in [6, 6.07) is 0. The Morgan fingerprint density at radius 3 is 2.50 bits per heavy atom. The molecule has 2 N–H and O–H groups in total. The molecule has 1 heteroatoms. The van der Waals surface area contributed by atoms with Crippen molar-refractivity contribution in [3.8, 4) is 0 Å². The summed E-state index contributed by atoms with van der Waals surface area (Å²) in [4.78, 5) is 0. The minimum absolute atomic E-state index is 0.734. The van der Waals surface area contributed by atoms with Gasteiger partial charge in [0.2, 0.25) is 0 Å². The van der Waals surface area contributed by atoms with Crippen LogP contribution >= 0.6 is 0 Å². The molecule has 0 saturated heterocycles. The molecular formula is C9H17N. The minimum Gasteiger partial charge on any atom is -0.330 e. The zero-order chi connectivity index (χ0) is 7.56. The average Bonchev–Trinajstić information content (AvgIpc) is 2.30. The van der Waals surface area contributed by atoms with Gasteiger partial charge in [-0.3, -0.25) is 0 Å². The maximum absolute atomic E-state index is 5.62. The molecule has 0 heterocycles. The largest absolute Gasteiger partial charge is 0.330 e. The van der Waals surface area contributed by atoms with E-state index in [0.717, 1.165) is 18.4 Å². The Morgan fingerprint density at radius 1 is 1.50 bits per heavy atom. The fourth-order valence-corrected chi connectivity index (χ4v) is 1.91. The van der Waals surface area contributed by atoms with Crippen LogP contribution in [0.25, 0.3) is 0 Å². The molecule has 1 rings (SSSR count). The van der Waals surface area contributed by atoms with Crippen LogP contribution in [-0.2, 0) is 0 Å². The average molecular weight is 139 g/mol. The van der Waals surface area contributed by atoms with Crippen molar-refractivity contribution in [1.29, 1.82) is 0 Å². The second-order valence-electron chi connectivity index (χ2n) is 3.32. The summed E-state index contributed by atoms with van der Waals surface area (Å²) in [6.45, 7) is 7.08. The van der Waals surface area contributed by atoms with Crippen LogP contribution in [0.15, 0.2) is 12.2 Å². The quantitative estimate of drug-likeness (QED) is 0.581. The first-order chi connectivity index (χ1) is 4.77. The van der Waals surface area contributed by atoms with Gasteiger partial charge in [0.1, 0.15) is 0 Å². The summed E-state index contributed by atoms with van der Waals surface area (Å²) in [5, 5.41) is 0. The van der Waals surface area contributed by atoms with Crippen molar-refractivity contribution in [2.45, 2.75) is 26.2 Å². The molecule has 0 aromatic carbocycles. The lowest BCUT2D eigenvalue weighted by atomic mass is 9.94. The summed E-state index contributed by atoms with van der Waals surface area (Å²) in [5.41, 5.74) is 7.03. The lowest BCUT2D eigenvalue weighted by Crippen LogP contribution is -2.17. The predicted molar refractivity (Wildman–Crippen MR) is 44.7 cm³/mol. The van der Waals surface area contributed by atoms with Gasteiger partial charge < -0.3 is 5.73 Å². The highest BCUT2D eigenvalue weighted by atomic mass is 14.6. The van der Waals surface area contributed by atoms with Crippen LogP contribution in [0.4, 0.5) is 0 Å². The van der Waals surface area contributed by atoms with Crippen LogP contribution in [-0.4, -0.2) is 6.54 Å². The molecule has 0 aromatic rings. The van der Waals surface area contributed by atoms with Crippen LogP contribution in [0, 0.1) is 11.8 Å². The Kier molecular flexibility index (Phi) is 2.50. The van der Waals surface area contributed by atoms with E-state index in [-0.39, 0.29) is 0 Å². The van der Waals surface area contributed by atoms with Gasteiger partial charge in [-0.2, -0.15) is 0 Å². The SMILES string of the molecule is C=C1CC(CC)C(CN)C1. The minimum atomic E-state index is 0.734. The van der Waals surface area contributed by atoms with E-state index in [1.54, 1.807) is 0 Å². The van der Waals surface area contributed by atoms with Crippen LogP contribution in [0.2, 0.25) is 0 Å². The Hall–Kier alpha value is -0.300. The maximum Gasteiger partial charge on any atom is -0.00430 e. The third kappa shape index (κ3) is 1.40. The third-order valence-electron chi connectivity index (χ3n) is 2.60.